The number of rotatable bonds is 5. The maximum absolute atomic E-state index is 12.0. The smallest absolute Gasteiger partial charge is 0.137 e. The minimum atomic E-state index is -0.955. The van der Waals surface area contributed by atoms with Gasteiger partial charge in [0.15, 0.2) is 0 Å². The molecule has 3 rings (SSSR count). The Kier molecular flexibility index (Phi) is 5.54. The Morgan fingerprint density at radius 2 is 2.04 bits per heavy atom. The van der Waals surface area contributed by atoms with Crippen molar-refractivity contribution in [3.8, 4) is 0 Å². The van der Waals surface area contributed by atoms with Crippen LogP contribution in [-0.2, 0) is 6.54 Å². The van der Waals surface area contributed by atoms with Gasteiger partial charge in [-0.2, -0.15) is 5.10 Å². The van der Waals surface area contributed by atoms with Crippen LogP contribution in [-0.4, -0.2) is 25.5 Å². The van der Waals surface area contributed by atoms with E-state index in [4.69, 9.17) is 11.6 Å². The number of aliphatic hydroxyl groups is 1. The van der Waals surface area contributed by atoms with Crippen molar-refractivity contribution >= 4 is 17.7 Å². The highest BCUT2D eigenvalue weighted by Gasteiger charge is 2.51. The molecule has 5 heteroatoms. The SMILES string of the molecule is CC(C)CC1(C)CCCC(=Cc2ccc(Cl)cc2)C1(O)Cn1cncn1. The predicted octanol–water partition coefficient (Wildman–Crippen LogP) is 4.98. The van der Waals surface area contributed by atoms with Gasteiger partial charge in [-0.15, -0.1) is 0 Å². The zero-order valence-corrected chi connectivity index (χ0v) is 16.6. The summed E-state index contributed by atoms with van der Waals surface area (Å²) >= 11 is 6.02. The van der Waals surface area contributed by atoms with Crippen LogP contribution in [0.5, 0.6) is 0 Å². The minimum absolute atomic E-state index is 0.205. The Morgan fingerprint density at radius 1 is 1.31 bits per heavy atom. The second-order valence-electron chi connectivity index (χ2n) is 8.19. The average Bonchev–Trinajstić information content (AvgIpc) is 3.06. The van der Waals surface area contributed by atoms with E-state index in [0.717, 1.165) is 41.8 Å². The highest BCUT2D eigenvalue weighted by Crippen LogP contribution is 2.52. The first-order valence-electron chi connectivity index (χ1n) is 9.34. The summed E-state index contributed by atoms with van der Waals surface area (Å²) in [5.41, 5.74) is 0.979. The lowest BCUT2D eigenvalue weighted by Crippen LogP contribution is -2.54. The summed E-state index contributed by atoms with van der Waals surface area (Å²) in [5.74, 6) is 0.511. The molecule has 1 fully saturated rings. The number of benzene rings is 1. The normalized spacial score (nSPS) is 28.0. The van der Waals surface area contributed by atoms with E-state index in [1.807, 2.05) is 24.3 Å². The van der Waals surface area contributed by atoms with E-state index in [2.05, 4.69) is 36.9 Å². The quantitative estimate of drug-likeness (QED) is 0.803. The van der Waals surface area contributed by atoms with Crippen LogP contribution in [0.15, 0.2) is 42.5 Å². The third-order valence-electron chi connectivity index (χ3n) is 5.63. The van der Waals surface area contributed by atoms with E-state index in [1.54, 1.807) is 11.0 Å². The molecule has 1 aliphatic carbocycles. The van der Waals surface area contributed by atoms with Gasteiger partial charge in [0.1, 0.15) is 18.3 Å². The van der Waals surface area contributed by atoms with Gasteiger partial charge in [-0.25, -0.2) is 9.67 Å². The van der Waals surface area contributed by atoms with E-state index in [9.17, 15) is 5.11 Å². The zero-order valence-electron chi connectivity index (χ0n) is 15.8. The molecule has 0 amide bonds. The molecule has 0 saturated heterocycles. The van der Waals surface area contributed by atoms with Gasteiger partial charge in [-0.3, -0.25) is 0 Å². The summed E-state index contributed by atoms with van der Waals surface area (Å²) in [4.78, 5) is 4.05. The molecule has 2 aromatic rings. The maximum atomic E-state index is 12.0. The molecule has 2 atom stereocenters. The second-order valence-corrected chi connectivity index (χ2v) is 8.62. The van der Waals surface area contributed by atoms with Crippen molar-refractivity contribution in [2.24, 2.45) is 11.3 Å². The Bertz CT molecular complexity index is 754. The minimum Gasteiger partial charge on any atom is -0.383 e. The van der Waals surface area contributed by atoms with E-state index in [0.29, 0.717) is 12.5 Å². The van der Waals surface area contributed by atoms with E-state index in [1.165, 1.54) is 6.33 Å². The van der Waals surface area contributed by atoms with E-state index in [-0.39, 0.29) is 5.41 Å². The van der Waals surface area contributed by atoms with Crippen LogP contribution in [0.4, 0.5) is 0 Å². The van der Waals surface area contributed by atoms with Gasteiger partial charge in [0, 0.05) is 10.4 Å². The molecule has 4 nitrogen and oxygen atoms in total. The molecule has 140 valence electrons. The molecule has 26 heavy (non-hydrogen) atoms. The van der Waals surface area contributed by atoms with Crippen LogP contribution in [0, 0.1) is 11.3 Å². The first-order valence-corrected chi connectivity index (χ1v) is 9.72. The van der Waals surface area contributed by atoms with Crippen molar-refractivity contribution in [1.29, 1.82) is 0 Å². The fourth-order valence-corrected chi connectivity index (χ4v) is 4.56. The summed E-state index contributed by atoms with van der Waals surface area (Å²) in [6, 6.07) is 7.78. The van der Waals surface area contributed by atoms with Crippen LogP contribution < -0.4 is 0 Å². The molecule has 0 aliphatic heterocycles. The number of halogens is 1. The van der Waals surface area contributed by atoms with Crippen molar-refractivity contribution in [3.05, 3.63) is 53.1 Å². The van der Waals surface area contributed by atoms with Gasteiger partial charge in [0.05, 0.1) is 6.54 Å². The highest BCUT2D eigenvalue weighted by atomic mass is 35.5. The Hall–Kier alpha value is -1.65. The summed E-state index contributed by atoms with van der Waals surface area (Å²) in [6.07, 6.45) is 9.29. The summed E-state index contributed by atoms with van der Waals surface area (Å²) < 4.78 is 1.75. The Balaban J connectivity index is 2.03. The molecule has 1 saturated carbocycles. The third kappa shape index (κ3) is 3.86. The molecular formula is C21H28ClN3O. The summed E-state index contributed by atoms with van der Waals surface area (Å²) in [7, 11) is 0. The summed E-state index contributed by atoms with van der Waals surface area (Å²) in [6.45, 7) is 7.09. The van der Waals surface area contributed by atoms with Crippen molar-refractivity contribution in [3.63, 3.8) is 0 Å². The third-order valence-corrected chi connectivity index (χ3v) is 5.88. The molecular weight excluding hydrogens is 346 g/mol. The maximum Gasteiger partial charge on any atom is 0.137 e. The van der Waals surface area contributed by atoms with Crippen LogP contribution in [0.1, 0.15) is 52.0 Å². The molecule has 1 heterocycles. The molecule has 1 aromatic carbocycles. The van der Waals surface area contributed by atoms with Crippen LogP contribution in [0.2, 0.25) is 5.02 Å². The highest BCUT2D eigenvalue weighted by molar-refractivity contribution is 6.30. The van der Waals surface area contributed by atoms with E-state index >= 15 is 0 Å². The molecule has 1 aromatic heterocycles. The van der Waals surface area contributed by atoms with Gasteiger partial charge in [-0.05, 0) is 54.9 Å². The predicted molar refractivity (Wildman–Crippen MR) is 106 cm³/mol. The van der Waals surface area contributed by atoms with E-state index < -0.39 is 5.60 Å². The van der Waals surface area contributed by atoms with Crippen LogP contribution in [0.25, 0.3) is 6.08 Å². The van der Waals surface area contributed by atoms with Gasteiger partial charge >= 0.3 is 0 Å². The topological polar surface area (TPSA) is 50.9 Å². The lowest BCUT2D eigenvalue weighted by Gasteiger charge is -2.51. The lowest BCUT2D eigenvalue weighted by molar-refractivity contribution is -0.0890. The van der Waals surface area contributed by atoms with Gasteiger partial charge < -0.3 is 5.11 Å². The summed E-state index contributed by atoms with van der Waals surface area (Å²) in [5, 5.41) is 17.0. The van der Waals surface area contributed by atoms with Crippen molar-refractivity contribution in [1.82, 2.24) is 14.8 Å². The first-order chi connectivity index (χ1) is 12.3. The first kappa shape index (κ1) is 19.1. The van der Waals surface area contributed by atoms with Crippen LogP contribution >= 0.6 is 11.6 Å². The number of hydrogen-bond acceptors (Lipinski definition) is 3. The number of hydrogen-bond donors (Lipinski definition) is 1. The number of nitrogens with zero attached hydrogens (tertiary/aromatic N) is 3. The van der Waals surface area contributed by atoms with Gasteiger partial charge in [-0.1, -0.05) is 50.6 Å². The lowest BCUT2D eigenvalue weighted by atomic mass is 9.58. The zero-order chi connectivity index (χ0) is 18.8. The fourth-order valence-electron chi connectivity index (χ4n) is 4.44. The molecule has 2 unspecified atom stereocenters. The molecule has 1 N–H and O–H groups in total. The Labute approximate surface area is 160 Å². The average molecular weight is 374 g/mol. The van der Waals surface area contributed by atoms with Crippen molar-refractivity contribution in [2.75, 3.05) is 0 Å². The fraction of sp³-hybridized carbons (Fsp3) is 0.524. The monoisotopic (exact) mass is 373 g/mol. The molecule has 0 radical (unpaired) electrons. The largest absolute Gasteiger partial charge is 0.383 e. The Morgan fingerprint density at radius 3 is 2.65 bits per heavy atom. The van der Waals surface area contributed by atoms with Crippen molar-refractivity contribution < 1.29 is 5.11 Å². The van der Waals surface area contributed by atoms with Gasteiger partial charge in [0.25, 0.3) is 0 Å². The van der Waals surface area contributed by atoms with Crippen molar-refractivity contribution in [2.45, 2.75) is 58.6 Å². The second kappa shape index (κ2) is 7.53. The van der Waals surface area contributed by atoms with Crippen LogP contribution in [0.3, 0.4) is 0 Å². The standard InChI is InChI=1S/C21H28ClN3O/c1-16(2)12-20(3)10-4-5-18(11-17-6-8-19(22)9-7-17)21(20,26)13-25-15-23-14-24-25/h6-9,11,14-16,26H,4-5,10,12-13H2,1-3H3. The number of aromatic nitrogens is 3. The molecule has 1 aliphatic rings. The molecule has 0 spiro atoms. The molecule has 0 bridgehead atoms. The van der Waals surface area contributed by atoms with Gasteiger partial charge in [0.2, 0.25) is 0 Å².